The van der Waals surface area contributed by atoms with Crippen LogP contribution >= 0.6 is 0 Å². The first-order valence-electron chi connectivity index (χ1n) is 8.32. The van der Waals surface area contributed by atoms with E-state index in [0.29, 0.717) is 0 Å². The van der Waals surface area contributed by atoms with Gasteiger partial charge < -0.3 is 8.85 Å². The van der Waals surface area contributed by atoms with Gasteiger partial charge in [0.15, 0.2) is 16.6 Å². The van der Waals surface area contributed by atoms with Crippen LogP contribution in [-0.2, 0) is 8.85 Å². The fraction of sp³-hybridized carbons (Fsp3) is 0.941. The van der Waals surface area contributed by atoms with Crippen LogP contribution in [0.15, 0.2) is 0 Å². The van der Waals surface area contributed by atoms with Gasteiger partial charge in [-0.1, -0.05) is 48.5 Å². The van der Waals surface area contributed by atoms with E-state index in [1.54, 1.807) is 0 Å². The van der Waals surface area contributed by atoms with Gasteiger partial charge in [-0.2, -0.15) is 0 Å². The molecule has 0 spiro atoms. The fourth-order valence-corrected chi connectivity index (χ4v) is 3.77. The zero-order chi connectivity index (χ0) is 17.1. The summed E-state index contributed by atoms with van der Waals surface area (Å²) in [7, 11) is -3.34. The lowest BCUT2D eigenvalue weighted by Gasteiger charge is -2.39. The molecule has 0 N–H and O–H groups in total. The Morgan fingerprint density at radius 3 is 1.57 bits per heavy atom. The van der Waals surface area contributed by atoms with Gasteiger partial charge in [-0.15, -0.1) is 0 Å². The Bertz CT molecular complexity index is 312. The van der Waals surface area contributed by atoms with Gasteiger partial charge in [-0.25, -0.2) is 0 Å². The van der Waals surface area contributed by atoms with Gasteiger partial charge in [0.05, 0.1) is 6.10 Å². The number of hydrogen-bond acceptors (Lipinski definition) is 2. The van der Waals surface area contributed by atoms with Crippen molar-refractivity contribution in [2.75, 3.05) is 6.61 Å². The van der Waals surface area contributed by atoms with Crippen LogP contribution in [0.1, 0.15) is 61.3 Å². The van der Waals surface area contributed by atoms with Gasteiger partial charge >= 0.3 is 0 Å². The summed E-state index contributed by atoms with van der Waals surface area (Å²) in [5.41, 5.74) is 0. The van der Waals surface area contributed by atoms with Gasteiger partial charge in [-0.05, 0) is 42.7 Å². The van der Waals surface area contributed by atoms with Gasteiger partial charge in [0.2, 0.25) is 0 Å². The van der Waals surface area contributed by atoms with Crippen LogP contribution in [0.3, 0.4) is 0 Å². The minimum absolute atomic E-state index is 0.258. The lowest BCUT2D eigenvalue weighted by Crippen LogP contribution is -2.43. The van der Waals surface area contributed by atoms with Crippen LogP contribution in [0.4, 0.5) is 0 Å². The fourth-order valence-electron chi connectivity index (χ4n) is 1.45. The Morgan fingerprint density at radius 2 is 1.24 bits per heavy atom. The topological polar surface area (TPSA) is 18.5 Å². The monoisotopic (exact) mass is 331 g/mol. The first-order valence-corrected chi connectivity index (χ1v) is 14.1. The molecule has 1 radical (unpaired) electrons. The van der Waals surface area contributed by atoms with Crippen molar-refractivity contribution in [3.8, 4) is 0 Å². The molecule has 0 aliphatic carbocycles. The van der Waals surface area contributed by atoms with Crippen molar-refractivity contribution < 1.29 is 8.85 Å². The molecule has 0 aromatic heterocycles. The summed E-state index contributed by atoms with van der Waals surface area (Å²) >= 11 is 0. The Kier molecular flexibility index (Phi) is 7.41. The van der Waals surface area contributed by atoms with Crippen molar-refractivity contribution in [3.63, 3.8) is 0 Å². The van der Waals surface area contributed by atoms with Crippen LogP contribution in [0, 0.1) is 6.10 Å². The molecule has 0 bridgehead atoms. The lowest BCUT2D eigenvalue weighted by molar-refractivity contribution is 0.217. The smallest absolute Gasteiger partial charge is 0.192 e. The number of hydrogen-bond donors (Lipinski definition) is 0. The third-order valence-corrected chi connectivity index (χ3v) is 14.2. The Hall–Kier alpha value is 0.354. The van der Waals surface area contributed by atoms with Crippen molar-refractivity contribution in [2.45, 2.75) is 97.6 Å². The van der Waals surface area contributed by atoms with Crippen LogP contribution in [0.25, 0.3) is 0 Å². The SMILES string of the molecule is CC[C](CCO[Si](C)(C)C(C)(C)C)O[Si](C)(C)C(C)(C)C. The highest BCUT2D eigenvalue weighted by Crippen LogP contribution is 2.40. The van der Waals surface area contributed by atoms with E-state index in [9.17, 15) is 0 Å². The molecule has 0 atom stereocenters. The van der Waals surface area contributed by atoms with Gasteiger partial charge in [0.25, 0.3) is 0 Å². The normalized spacial score (nSPS) is 14.9. The van der Waals surface area contributed by atoms with Gasteiger partial charge in [0, 0.05) is 13.0 Å². The molecule has 0 saturated carbocycles. The van der Waals surface area contributed by atoms with Crippen molar-refractivity contribution in [3.05, 3.63) is 6.10 Å². The van der Waals surface area contributed by atoms with E-state index >= 15 is 0 Å². The molecule has 0 aliphatic rings. The zero-order valence-electron chi connectivity index (χ0n) is 16.4. The predicted molar refractivity (Wildman–Crippen MR) is 99.6 cm³/mol. The standard InChI is InChI=1S/C17H39O2Si2/c1-12-15(19-21(10,11)17(5,6)7)13-14-18-20(8,9)16(2,3)4/h12-14H2,1-11H3. The maximum atomic E-state index is 6.44. The van der Waals surface area contributed by atoms with E-state index in [2.05, 4.69) is 74.7 Å². The Balaban J connectivity index is 4.49. The summed E-state index contributed by atoms with van der Waals surface area (Å²) in [6, 6.07) is 0. The zero-order valence-corrected chi connectivity index (χ0v) is 18.4. The third kappa shape index (κ3) is 6.55. The van der Waals surface area contributed by atoms with E-state index in [1.807, 2.05) is 0 Å². The molecule has 0 unspecified atom stereocenters. The molecule has 21 heavy (non-hydrogen) atoms. The molecule has 0 aromatic rings. The molecule has 127 valence electrons. The van der Waals surface area contributed by atoms with Crippen molar-refractivity contribution >= 4 is 16.6 Å². The highest BCUT2D eigenvalue weighted by Gasteiger charge is 2.40. The van der Waals surface area contributed by atoms with E-state index in [4.69, 9.17) is 8.85 Å². The average molecular weight is 332 g/mol. The molecule has 0 saturated heterocycles. The molecule has 0 amide bonds. The quantitative estimate of drug-likeness (QED) is 0.505. The Labute approximate surface area is 136 Å². The highest BCUT2D eigenvalue weighted by molar-refractivity contribution is 6.74. The van der Waals surface area contributed by atoms with Crippen molar-refractivity contribution in [2.24, 2.45) is 0 Å². The molecular formula is C17H39O2Si2. The molecule has 2 nitrogen and oxygen atoms in total. The molecule has 0 heterocycles. The maximum Gasteiger partial charge on any atom is 0.192 e. The third-order valence-electron chi connectivity index (χ3n) is 5.25. The van der Waals surface area contributed by atoms with E-state index in [-0.39, 0.29) is 10.1 Å². The summed E-state index contributed by atoms with van der Waals surface area (Å²) in [6.45, 7) is 26.0. The summed E-state index contributed by atoms with van der Waals surface area (Å²) in [4.78, 5) is 0. The second-order valence-corrected chi connectivity index (χ2v) is 18.6. The first-order chi connectivity index (χ1) is 9.14. The van der Waals surface area contributed by atoms with E-state index < -0.39 is 16.6 Å². The predicted octanol–water partition coefficient (Wildman–Crippen LogP) is 6.36. The number of rotatable bonds is 7. The first kappa shape index (κ1) is 21.4. The van der Waals surface area contributed by atoms with Crippen LogP contribution < -0.4 is 0 Å². The Morgan fingerprint density at radius 1 is 0.810 bits per heavy atom. The molecule has 0 fully saturated rings. The van der Waals surface area contributed by atoms with Crippen LogP contribution in [-0.4, -0.2) is 23.2 Å². The second kappa shape index (κ2) is 7.28. The van der Waals surface area contributed by atoms with Crippen LogP contribution in [0.2, 0.25) is 36.3 Å². The second-order valence-electron chi connectivity index (χ2n) is 9.11. The molecule has 0 aromatic carbocycles. The minimum Gasteiger partial charge on any atom is -0.417 e. The lowest BCUT2D eigenvalue weighted by atomic mass is 10.2. The minimum atomic E-state index is -1.70. The molecular weight excluding hydrogens is 292 g/mol. The largest absolute Gasteiger partial charge is 0.417 e. The van der Waals surface area contributed by atoms with E-state index in [1.165, 1.54) is 6.10 Å². The molecule has 4 heteroatoms. The molecule has 0 rings (SSSR count). The van der Waals surface area contributed by atoms with E-state index in [0.717, 1.165) is 19.4 Å². The van der Waals surface area contributed by atoms with Gasteiger partial charge in [0.1, 0.15) is 0 Å². The summed E-state index contributed by atoms with van der Waals surface area (Å²) < 4.78 is 12.7. The molecule has 0 aliphatic heterocycles. The van der Waals surface area contributed by atoms with Crippen LogP contribution in [0.5, 0.6) is 0 Å². The summed E-state index contributed by atoms with van der Waals surface area (Å²) in [5.74, 6) is 0. The summed E-state index contributed by atoms with van der Waals surface area (Å²) in [6.07, 6.45) is 3.16. The maximum absolute atomic E-state index is 6.44. The summed E-state index contributed by atoms with van der Waals surface area (Å²) in [5, 5.41) is 0.535. The average Bonchev–Trinajstić information content (AvgIpc) is 2.24. The van der Waals surface area contributed by atoms with Crippen molar-refractivity contribution in [1.82, 2.24) is 0 Å². The highest BCUT2D eigenvalue weighted by atomic mass is 28.4. The van der Waals surface area contributed by atoms with Crippen molar-refractivity contribution in [1.29, 1.82) is 0 Å². The van der Waals surface area contributed by atoms with Gasteiger partial charge in [-0.3, -0.25) is 0 Å².